The molecule has 1 saturated heterocycles. The van der Waals surface area contributed by atoms with E-state index in [-0.39, 0.29) is 47.1 Å². The van der Waals surface area contributed by atoms with Crippen molar-refractivity contribution in [1.29, 1.82) is 5.26 Å². The Labute approximate surface area is 190 Å². The Morgan fingerprint density at radius 2 is 1.97 bits per heavy atom. The average Bonchev–Trinajstić information content (AvgIpc) is 3.12. The number of halogens is 5. The molecule has 0 atom stereocenters. The molecule has 0 bridgehead atoms. The third-order valence-electron chi connectivity index (χ3n) is 5.41. The fraction of sp³-hybridized carbons (Fsp3) is 0.273. The topological polar surface area (TPSA) is 89.8 Å². The number of rotatable bonds is 5. The molecule has 7 nitrogen and oxygen atoms in total. The molecule has 0 unspecified atom stereocenters. The molecule has 2 aliphatic rings. The Kier molecular flexibility index (Phi) is 6.05. The zero-order valence-electron chi connectivity index (χ0n) is 17.7. The number of anilines is 1. The number of aromatic nitrogens is 3. The SMILES string of the molecule is C=CN=C1C(F)=C(C(F)F)C=C/C1=C\c1c(C)nc2c(C#N)c(C(F)F)nn2c1N1CC(O)C1. The zero-order chi connectivity index (χ0) is 24.7. The minimum absolute atomic E-state index is 0.0981. The van der Waals surface area contributed by atoms with Gasteiger partial charge in [-0.05, 0) is 19.1 Å². The Bertz CT molecular complexity index is 1340. The van der Waals surface area contributed by atoms with Crippen molar-refractivity contribution in [3.8, 4) is 6.07 Å². The maximum Gasteiger partial charge on any atom is 0.283 e. The molecule has 0 saturated carbocycles. The van der Waals surface area contributed by atoms with Gasteiger partial charge in [-0.15, -0.1) is 0 Å². The van der Waals surface area contributed by atoms with Gasteiger partial charge in [-0.1, -0.05) is 12.7 Å². The van der Waals surface area contributed by atoms with Crippen LogP contribution >= 0.6 is 0 Å². The van der Waals surface area contributed by atoms with Gasteiger partial charge in [-0.25, -0.2) is 26.9 Å². The number of nitriles is 1. The Hall–Kier alpha value is -3.85. The molecule has 2 aromatic heterocycles. The molecule has 1 aliphatic heterocycles. The molecule has 1 fully saturated rings. The maximum atomic E-state index is 14.8. The number of hydrogen-bond donors (Lipinski definition) is 1. The third-order valence-corrected chi connectivity index (χ3v) is 5.41. The van der Waals surface area contributed by atoms with Crippen LogP contribution in [0.3, 0.4) is 0 Å². The molecule has 4 rings (SSSR count). The van der Waals surface area contributed by atoms with E-state index < -0.39 is 36.0 Å². The second-order valence-corrected chi connectivity index (χ2v) is 7.56. The lowest BCUT2D eigenvalue weighted by molar-refractivity contribution is 0.139. The first kappa shape index (κ1) is 23.3. The minimum atomic E-state index is -3.06. The number of allylic oxidation sites excluding steroid dienone is 5. The molecule has 0 amide bonds. The summed E-state index contributed by atoms with van der Waals surface area (Å²) in [5.41, 5.74) is -1.75. The van der Waals surface area contributed by atoms with E-state index in [2.05, 4.69) is 21.7 Å². The lowest BCUT2D eigenvalue weighted by atomic mass is 9.96. The molecule has 0 spiro atoms. The van der Waals surface area contributed by atoms with E-state index >= 15 is 0 Å². The number of nitrogens with zero attached hydrogens (tertiary/aromatic N) is 6. The normalized spacial score (nSPS) is 19.1. The van der Waals surface area contributed by atoms with Crippen LogP contribution in [0.1, 0.15) is 28.9 Å². The molecular weight excluding hydrogens is 459 g/mol. The number of aliphatic hydroxyl groups excluding tert-OH is 1. The Morgan fingerprint density at radius 3 is 2.53 bits per heavy atom. The van der Waals surface area contributed by atoms with Gasteiger partial charge in [0.05, 0.1) is 17.4 Å². The van der Waals surface area contributed by atoms with Gasteiger partial charge in [0.25, 0.3) is 12.9 Å². The summed E-state index contributed by atoms with van der Waals surface area (Å²) in [5.74, 6) is -0.985. The quantitative estimate of drug-likeness (QED) is 0.658. The zero-order valence-corrected chi connectivity index (χ0v) is 17.7. The standard InChI is InChI=1S/C22H17F5N6O/c1-3-29-17-11(4-5-13(16(17)23)19(24)25)6-14-10(2)30-21-15(7-28)18(20(26)27)31-33(21)22(14)32-8-12(34)9-32/h3-6,12,19-20,34H,1,8-9H2,2H3/b11-6+,29-17?. The van der Waals surface area contributed by atoms with E-state index in [1.54, 1.807) is 17.9 Å². The first-order valence-corrected chi connectivity index (χ1v) is 9.99. The number of β-amino-alcohol motifs (C(OH)–C–C–N with tert-alkyl or cyclic N) is 1. The first-order valence-electron chi connectivity index (χ1n) is 9.99. The Balaban J connectivity index is 1.99. The molecule has 3 heterocycles. The van der Waals surface area contributed by atoms with Crippen molar-refractivity contribution in [2.45, 2.75) is 25.9 Å². The van der Waals surface area contributed by atoms with Crippen LogP contribution in [0.25, 0.3) is 11.7 Å². The summed E-state index contributed by atoms with van der Waals surface area (Å²) >= 11 is 0. The van der Waals surface area contributed by atoms with Gasteiger partial charge in [-0.2, -0.15) is 14.9 Å². The summed E-state index contributed by atoms with van der Waals surface area (Å²) in [6.45, 7) is 5.24. The summed E-state index contributed by atoms with van der Waals surface area (Å²) < 4.78 is 69.3. The molecule has 0 radical (unpaired) electrons. The van der Waals surface area contributed by atoms with Crippen molar-refractivity contribution in [2.24, 2.45) is 4.99 Å². The van der Waals surface area contributed by atoms with Crippen LogP contribution in [0.5, 0.6) is 0 Å². The molecular formula is C22H17F5N6O. The van der Waals surface area contributed by atoms with Gasteiger partial charge >= 0.3 is 0 Å². The monoisotopic (exact) mass is 476 g/mol. The third kappa shape index (κ3) is 3.77. The highest BCUT2D eigenvalue weighted by molar-refractivity contribution is 6.17. The number of hydrogen-bond acceptors (Lipinski definition) is 6. The van der Waals surface area contributed by atoms with Gasteiger partial charge in [0.15, 0.2) is 11.5 Å². The molecule has 1 aliphatic carbocycles. The van der Waals surface area contributed by atoms with Crippen molar-refractivity contribution in [2.75, 3.05) is 18.0 Å². The van der Waals surface area contributed by atoms with E-state index in [0.29, 0.717) is 5.56 Å². The molecule has 2 aromatic rings. The number of alkyl halides is 4. The summed E-state index contributed by atoms with van der Waals surface area (Å²) in [4.78, 5) is 9.70. The van der Waals surface area contributed by atoms with Crippen LogP contribution in [0.2, 0.25) is 0 Å². The number of fused-ring (bicyclic) bond motifs is 1. The fourth-order valence-electron chi connectivity index (χ4n) is 3.79. The summed E-state index contributed by atoms with van der Waals surface area (Å²) in [5, 5.41) is 23.1. The number of aryl methyl sites for hydroxylation is 1. The second-order valence-electron chi connectivity index (χ2n) is 7.56. The molecule has 34 heavy (non-hydrogen) atoms. The van der Waals surface area contributed by atoms with Gasteiger partial charge in [0.1, 0.15) is 28.9 Å². The van der Waals surface area contributed by atoms with Crippen molar-refractivity contribution >= 4 is 23.3 Å². The van der Waals surface area contributed by atoms with Crippen molar-refractivity contribution < 1.29 is 27.1 Å². The van der Waals surface area contributed by atoms with Crippen LogP contribution in [0, 0.1) is 18.3 Å². The predicted molar refractivity (Wildman–Crippen MR) is 115 cm³/mol. The largest absolute Gasteiger partial charge is 0.389 e. The number of aliphatic hydroxyl groups is 1. The lowest BCUT2D eigenvalue weighted by Gasteiger charge is -2.38. The van der Waals surface area contributed by atoms with Gasteiger partial charge in [0.2, 0.25) is 0 Å². The number of aliphatic imine (C=N–C) groups is 1. The van der Waals surface area contributed by atoms with Crippen molar-refractivity contribution in [3.63, 3.8) is 0 Å². The molecule has 0 aromatic carbocycles. The van der Waals surface area contributed by atoms with Crippen LogP contribution in [0.15, 0.2) is 46.9 Å². The summed E-state index contributed by atoms with van der Waals surface area (Å²) in [6, 6.07) is 1.71. The smallest absolute Gasteiger partial charge is 0.283 e. The van der Waals surface area contributed by atoms with E-state index in [1.807, 2.05) is 0 Å². The van der Waals surface area contributed by atoms with Crippen molar-refractivity contribution in [1.82, 2.24) is 14.6 Å². The maximum absolute atomic E-state index is 14.8. The van der Waals surface area contributed by atoms with Crippen LogP contribution in [-0.4, -0.2) is 51.0 Å². The minimum Gasteiger partial charge on any atom is -0.389 e. The van der Waals surface area contributed by atoms with E-state index in [4.69, 9.17) is 0 Å². The van der Waals surface area contributed by atoms with Crippen LogP contribution < -0.4 is 4.90 Å². The van der Waals surface area contributed by atoms with Gasteiger partial charge in [0, 0.05) is 30.4 Å². The highest BCUT2D eigenvalue weighted by Crippen LogP contribution is 2.35. The Morgan fingerprint density at radius 1 is 1.26 bits per heavy atom. The predicted octanol–water partition coefficient (Wildman–Crippen LogP) is 4.05. The fourth-order valence-corrected chi connectivity index (χ4v) is 3.79. The second kappa shape index (κ2) is 8.83. The first-order chi connectivity index (χ1) is 16.2. The summed E-state index contributed by atoms with van der Waals surface area (Å²) in [7, 11) is 0. The molecule has 12 heteroatoms. The highest BCUT2D eigenvalue weighted by Gasteiger charge is 2.33. The van der Waals surface area contributed by atoms with E-state index in [1.165, 1.54) is 12.2 Å². The molecule has 1 N–H and O–H groups in total. The van der Waals surface area contributed by atoms with Crippen molar-refractivity contribution in [3.05, 3.63) is 64.4 Å². The van der Waals surface area contributed by atoms with Crippen LogP contribution in [0.4, 0.5) is 27.8 Å². The van der Waals surface area contributed by atoms with Crippen LogP contribution in [-0.2, 0) is 0 Å². The highest BCUT2D eigenvalue weighted by atomic mass is 19.3. The average molecular weight is 476 g/mol. The summed E-state index contributed by atoms with van der Waals surface area (Å²) in [6.07, 6.45) is -2.17. The van der Waals surface area contributed by atoms with E-state index in [0.717, 1.165) is 16.8 Å². The molecule has 176 valence electrons. The van der Waals surface area contributed by atoms with Gasteiger partial charge in [-0.3, -0.25) is 4.99 Å². The van der Waals surface area contributed by atoms with E-state index in [9.17, 15) is 32.3 Å². The lowest BCUT2D eigenvalue weighted by Crippen LogP contribution is -2.52. The van der Waals surface area contributed by atoms with Gasteiger partial charge < -0.3 is 10.0 Å².